The van der Waals surface area contributed by atoms with Crippen LogP contribution in [-0.2, 0) is 17.1 Å². The van der Waals surface area contributed by atoms with Crippen LogP contribution in [0.25, 0.3) is 0 Å². The summed E-state index contributed by atoms with van der Waals surface area (Å²) >= 11 is 1.60. The predicted octanol–water partition coefficient (Wildman–Crippen LogP) is 5.37. The smallest absolute Gasteiger partial charge is 0.410 e. The molecule has 0 radical (unpaired) electrons. The third-order valence-corrected chi connectivity index (χ3v) is 5.69. The SMILES string of the molecule is Cl.N=C(SCc1ccccc1)C1CCN(C(=O)OCc2ccccc2)CC1. The number of hydrogen-bond acceptors (Lipinski definition) is 4. The van der Waals surface area contributed by atoms with Gasteiger partial charge in [0.2, 0.25) is 0 Å². The van der Waals surface area contributed by atoms with Crippen molar-refractivity contribution in [3.63, 3.8) is 0 Å². The molecule has 1 fully saturated rings. The van der Waals surface area contributed by atoms with Crippen LogP contribution >= 0.6 is 24.2 Å². The first kappa shape index (κ1) is 21.3. The first-order valence-electron chi connectivity index (χ1n) is 8.93. The number of thioether (sulfide) groups is 1. The summed E-state index contributed by atoms with van der Waals surface area (Å²) in [7, 11) is 0. The maximum absolute atomic E-state index is 12.2. The van der Waals surface area contributed by atoms with Gasteiger partial charge in [-0.3, -0.25) is 5.41 Å². The third kappa shape index (κ3) is 6.60. The number of halogens is 1. The second-order valence-corrected chi connectivity index (χ2v) is 7.46. The number of carbonyl (C=O) groups excluding carboxylic acids is 1. The molecule has 0 saturated carbocycles. The lowest BCUT2D eigenvalue weighted by molar-refractivity contribution is 0.0865. The molecule has 0 atom stereocenters. The lowest BCUT2D eigenvalue weighted by Crippen LogP contribution is -2.40. The van der Waals surface area contributed by atoms with Crippen molar-refractivity contribution in [2.24, 2.45) is 5.92 Å². The quantitative estimate of drug-likeness (QED) is 0.538. The average Bonchev–Trinajstić information content (AvgIpc) is 2.72. The molecular weight excluding hydrogens is 380 g/mol. The normalized spacial score (nSPS) is 14.3. The minimum Gasteiger partial charge on any atom is -0.445 e. The Morgan fingerprint density at radius 2 is 1.56 bits per heavy atom. The molecule has 27 heavy (non-hydrogen) atoms. The van der Waals surface area contributed by atoms with Gasteiger partial charge in [0.15, 0.2) is 0 Å². The lowest BCUT2D eigenvalue weighted by Gasteiger charge is -2.31. The number of likely N-dealkylation sites (tertiary alicyclic amines) is 1. The molecule has 1 heterocycles. The van der Waals surface area contributed by atoms with E-state index < -0.39 is 0 Å². The van der Waals surface area contributed by atoms with Gasteiger partial charge in [0.25, 0.3) is 0 Å². The lowest BCUT2D eigenvalue weighted by atomic mass is 9.98. The topological polar surface area (TPSA) is 53.4 Å². The van der Waals surface area contributed by atoms with E-state index in [4.69, 9.17) is 10.1 Å². The van der Waals surface area contributed by atoms with Gasteiger partial charge in [-0.25, -0.2) is 4.79 Å². The van der Waals surface area contributed by atoms with Crippen LogP contribution in [0, 0.1) is 11.3 Å². The van der Waals surface area contributed by atoms with Crippen LogP contribution in [0.4, 0.5) is 4.79 Å². The molecule has 0 bridgehead atoms. The highest BCUT2D eigenvalue weighted by Crippen LogP contribution is 2.26. The molecule has 1 amide bonds. The van der Waals surface area contributed by atoms with Crippen LogP contribution < -0.4 is 0 Å². The second kappa shape index (κ2) is 11.0. The Balaban J connectivity index is 0.00000261. The Bertz CT molecular complexity index is 656. The summed E-state index contributed by atoms with van der Waals surface area (Å²) in [4.78, 5) is 14.0. The van der Waals surface area contributed by atoms with E-state index in [0.717, 1.165) is 29.2 Å². The predicted molar refractivity (Wildman–Crippen MR) is 114 cm³/mol. The number of rotatable bonds is 5. The Kier molecular flexibility index (Phi) is 8.69. The van der Waals surface area contributed by atoms with E-state index in [0.29, 0.717) is 19.7 Å². The van der Waals surface area contributed by atoms with Crippen molar-refractivity contribution in [1.29, 1.82) is 5.41 Å². The van der Waals surface area contributed by atoms with Crippen LogP contribution in [0.2, 0.25) is 0 Å². The molecule has 0 unspecified atom stereocenters. The summed E-state index contributed by atoms with van der Waals surface area (Å²) in [5.41, 5.74) is 2.24. The summed E-state index contributed by atoms with van der Waals surface area (Å²) in [5.74, 6) is 1.08. The number of ether oxygens (including phenoxy) is 1. The van der Waals surface area contributed by atoms with Gasteiger partial charge in [-0.15, -0.1) is 24.2 Å². The molecule has 0 spiro atoms. The van der Waals surface area contributed by atoms with Crippen molar-refractivity contribution in [2.75, 3.05) is 13.1 Å². The van der Waals surface area contributed by atoms with E-state index in [1.165, 1.54) is 5.56 Å². The fraction of sp³-hybridized carbons (Fsp3) is 0.333. The van der Waals surface area contributed by atoms with E-state index >= 15 is 0 Å². The monoisotopic (exact) mass is 404 g/mol. The van der Waals surface area contributed by atoms with E-state index in [2.05, 4.69) is 12.1 Å². The summed E-state index contributed by atoms with van der Waals surface area (Å²) in [5, 5.41) is 9.06. The average molecular weight is 405 g/mol. The van der Waals surface area contributed by atoms with Gasteiger partial charge in [0, 0.05) is 24.8 Å². The maximum atomic E-state index is 12.2. The summed E-state index contributed by atoms with van der Waals surface area (Å²) in [6, 6.07) is 20.0. The van der Waals surface area contributed by atoms with E-state index in [1.54, 1.807) is 16.7 Å². The number of hydrogen-bond donors (Lipinski definition) is 1. The van der Waals surface area contributed by atoms with Gasteiger partial charge in [-0.05, 0) is 24.0 Å². The zero-order chi connectivity index (χ0) is 18.2. The number of nitrogens with one attached hydrogen (secondary N) is 1. The highest BCUT2D eigenvalue weighted by atomic mass is 35.5. The van der Waals surface area contributed by atoms with Crippen LogP contribution in [0.1, 0.15) is 24.0 Å². The van der Waals surface area contributed by atoms with Crippen molar-refractivity contribution < 1.29 is 9.53 Å². The molecule has 1 aliphatic rings. The Labute approximate surface area is 171 Å². The van der Waals surface area contributed by atoms with Crippen LogP contribution in [0.3, 0.4) is 0 Å². The first-order chi connectivity index (χ1) is 12.7. The summed E-state index contributed by atoms with van der Waals surface area (Å²) < 4.78 is 5.40. The number of amides is 1. The van der Waals surface area contributed by atoms with Crippen molar-refractivity contribution >= 4 is 35.3 Å². The highest BCUT2D eigenvalue weighted by Gasteiger charge is 2.26. The molecule has 1 aliphatic heterocycles. The van der Waals surface area contributed by atoms with Crippen LogP contribution in [0.15, 0.2) is 60.7 Å². The maximum Gasteiger partial charge on any atom is 0.410 e. The third-order valence-electron chi connectivity index (χ3n) is 4.57. The van der Waals surface area contributed by atoms with Gasteiger partial charge in [0.1, 0.15) is 6.61 Å². The number of carbonyl (C=O) groups is 1. The first-order valence-corrected chi connectivity index (χ1v) is 9.92. The standard InChI is InChI=1S/C21H24N2O2S.ClH/c22-20(26-16-18-9-5-2-6-10-18)19-11-13-23(14-12-19)21(24)25-15-17-7-3-1-4-8-17;/h1-10,19,22H,11-16H2;1H. The van der Waals surface area contributed by atoms with Crippen molar-refractivity contribution in [3.05, 3.63) is 71.8 Å². The Morgan fingerprint density at radius 1 is 1.00 bits per heavy atom. The molecule has 144 valence electrons. The summed E-state index contributed by atoms with van der Waals surface area (Å²) in [6.45, 7) is 1.63. The fourth-order valence-electron chi connectivity index (χ4n) is 2.99. The van der Waals surface area contributed by atoms with Gasteiger partial charge >= 0.3 is 6.09 Å². The van der Waals surface area contributed by atoms with Crippen molar-refractivity contribution in [3.8, 4) is 0 Å². The number of nitrogens with zero attached hydrogens (tertiary/aromatic N) is 1. The van der Waals surface area contributed by atoms with E-state index in [9.17, 15) is 4.79 Å². The molecule has 4 nitrogen and oxygen atoms in total. The molecule has 1 N–H and O–H groups in total. The molecule has 6 heteroatoms. The summed E-state index contributed by atoms with van der Waals surface area (Å²) in [6.07, 6.45) is 1.41. The molecule has 1 saturated heterocycles. The molecule has 0 aliphatic carbocycles. The van der Waals surface area contributed by atoms with Crippen molar-refractivity contribution in [1.82, 2.24) is 4.90 Å². The Hall–Kier alpha value is -1.98. The zero-order valence-corrected chi connectivity index (χ0v) is 16.8. The Morgan fingerprint density at radius 3 is 2.15 bits per heavy atom. The van der Waals surface area contributed by atoms with E-state index in [1.807, 2.05) is 48.5 Å². The van der Waals surface area contributed by atoms with Crippen LogP contribution in [0.5, 0.6) is 0 Å². The fourth-order valence-corrected chi connectivity index (χ4v) is 3.97. The molecular formula is C21H25ClN2O2S. The molecule has 2 aromatic rings. The zero-order valence-electron chi connectivity index (χ0n) is 15.2. The van der Waals surface area contributed by atoms with E-state index in [-0.39, 0.29) is 24.4 Å². The number of benzene rings is 2. The highest BCUT2D eigenvalue weighted by molar-refractivity contribution is 8.13. The van der Waals surface area contributed by atoms with Gasteiger partial charge in [-0.1, -0.05) is 60.7 Å². The van der Waals surface area contributed by atoms with Gasteiger partial charge in [-0.2, -0.15) is 0 Å². The van der Waals surface area contributed by atoms with Crippen molar-refractivity contribution in [2.45, 2.75) is 25.2 Å². The second-order valence-electron chi connectivity index (χ2n) is 6.44. The number of piperidine rings is 1. The molecule has 0 aromatic heterocycles. The molecule has 2 aromatic carbocycles. The van der Waals surface area contributed by atoms with Gasteiger partial charge < -0.3 is 9.64 Å². The van der Waals surface area contributed by atoms with Gasteiger partial charge in [0.05, 0.1) is 5.04 Å². The minimum absolute atomic E-state index is 0. The van der Waals surface area contributed by atoms with Crippen LogP contribution in [-0.4, -0.2) is 29.1 Å². The largest absolute Gasteiger partial charge is 0.445 e. The molecule has 3 rings (SSSR count). The minimum atomic E-state index is -0.254.